The largest absolute Gasteiger partial charge is 0.314 e. The summed E-state index contributed by atoms with van der Waals surface area (Å²) in [5.41, 5.74) is 1.89. The molecule has 0 fully saturated rings. The molecule has 1 heterocycles. The molecule has 0 spiro atoms. The molecule has 0 saturated carbocycles. The lowest BCUT2D eigenvalue weighted by molar-refractivity contribution is -0.385. The molecule has 0 aliphatic rings. The molecule has 0 aliphatic heterocycles. The zero-order valence-electron chi connectivity index (χ0n) is 11.3. The number of aromatic nitrogens is 1. The van der Waals surface area contributed by atoms with Crippen LogP contribution >= 0.6 is 0 Å². The molecule has 0 radical (unpaired) electrons. The lowest BCUT2D eigenvalue weighted by Crippen LogP contribution is -2.31. The molecule has 5 nitrogen and oxygen atoms in total. The average Bonchev–Trinajstić information content (AvgIpc) is 2.35. The van der Waals surface area contributed by atoms with Gasteiger partial charge in [0.1, 0.15) is 6.20 Å². The Balaban J connectivity index is 2.74. The molecule has 18 heavy (non-hydrogen) atoms. The number of pyridine rings is 1. The zero-order valence-corrected chi connectivity index (χ0v) is 11.3. The highest BCUT2D eigenvalue weighted by atomic mass is 16.6. The van der Waals surface area contributed by atoms with Gasteiger partial charge in [0.05, 0.1) is 4.92 Å². The molecule has 0 bridgehead atoms. The second kappa shape index (κ2) is 7.06. The van der Waals surface area contributed by atoms with Crippen LogP contribution in [0.3, 0.4) is 0 Å². The summed E-state index contributed by atoms with van der Waals surface area (Å²) in [4.78, 5) is 14.4. The average molecular weight is 251 g/mol. The van der Waals surface area contributed by atoms with Crippen molar-refractivity contribution in [2.45, 2.75) is 46.1 Å². The zero-order chi connectivity index (χ0) is 13.5. The quantitative estimate of drug-likeness (QED) is 0.597. The van der Waals surface area contributed by atoms with E-state index in [0.717, 1.165) is 37.1 Å². The minimum Gasteiger partial charge on any atom is -0.314 e. The van der Waals surface area contributed by atoms with Crippen LogP contribution < -0.4 is 5.32 Å². The summed E-state index contributed by atoms with van der Waals surface area (Å²) in [6, 6.07) is 1.98. The van der Waals surface area contributed by atoms with Gasteiger partial charge < -0.3 is 5.32 Å². The Kier molecular flexibility index (Phi) is 5.71. The molecule has 0 aromatic carbocycles. The van der Waals surface area contributed by atoms with Crippen LogP contribution in [-0.2, 0) is 6.42 Å². The van der Waals surface area contributed by atoms with Crippen molar-refractivity contribution in [3.63, 3.8) is 0 Å². The summed E-state index contributed by atoms with van der Waals surface area (Å²) in [5, 5.41) is 14.1. The summed E-state index contributed by atoms with van der Waals surface area (Å²) < 4.78 is 0. The Morgan fingerprint density at radius 1 is 1.50 bits per heavy atom. The molecule has 5 heteroatoms. The van der Waals surface area contributed by atoms with E-state index in [1.165, 1.54) is 6.20 Å². The third-order valence-electron chi connectivity index (χ3n) is 3.00. The second-order valence-electron chi connectivity index (χ2n) is 4.48. The number of nitrogens with zero attached hydrogens (tertiary/aromatic N) is 2. The van der Waals surface area contributed by atoms with Crippen molar-refractivity contribution in [1.29, 1.82) is 0 Å². The van der Waals surface area contributed by atoms with Crippen LogP contribution in [0.4, 0.5) is 5.69 Å². The van der Waals surface area contributed by atoms with E-state index in [1.807, 2.05) is 6.92 Å². The van der Waals surface area contributed by atoms with E-state index in [0.29, 0.717) is 6.04 Å². The molecule has 1 N–H and O–H groups in total. The van der Waals surface area contributed by atoms with Crippen molar-refractivity contribution in [2.75, 3.05) is 6.54 Å². The smallest absolute Gasteiger partial charge is 0.287 e. The maximum Gasteiger partial charge on any atom is 0.287 e. The Morgan fingerprint density at radius 3 is 2.72 bits per heavy atom. The van der Waals surface area contributed by atoms with Gasteiger partial charge in [-0.25, -0.2) is 0 Å². The van der Waals surface area contributed by atoms with E-state index in [1.54, 1.807) is 6.07 Å². The highest BCUT2D eigenvalue weighted by Crippen LogP contribution is 2.16. The normalized spacial score (nSPS) is 12.4. The number of hydrogen-bond donors (Lipinski definition) is 1. The number of nitrogens with one attached hydrogen (secondary N) is 1. The number of rotatable bonds is 7. The van der Waals surface area contributed by atoms with E-state index in [4.69, 9.17) is 0 Å². The third kappa shape index (κ3) is 4.07. The van der Waals surface area contributed by atoms with Gasteiger partial charge in [-0.3, -0.25) is 15.1 Å². The topological polar surface area (TPSA) is 68.1 Å². The molecule has 1 aromatic rings. The van der Waals surface area contributed by atoms with Gasteiger partial charge in [-0.15, -0.1) is 0 Å². The molecule has 1 rings (SSSR count). The summed E-state index contributed by atoms with van der Waals surface area (Å²) in [7, 11) is 0. The standard InChI is InChI=1S/C13H21N3O2/c1-4-6-14-11(5-2)8-13-10(3)7-12(9-15-13)16(17)18/h7,9,11,14H,4-6,8H2,1-3H3. The Morgan fingerprint density at radius 2 is 2.22 bits per heavy atom. The third-order valence-corrected chi connectivity index (χ3v) is 3.00. The maximum absolute atomic E-state index is 10.6. The number of aryl methyl sites for hydroxylation is 1. The number of hydrogen-bond acceptors (Lipinski definition) is 4. The van der Waals surface area contributed by atoms with Crippen molar-refractivity contribution in [3.05, 3.63) is 33.6 Å². The lowest BCUT2D eigenvalue weighted by Gasteiger charge is -2.16. The minimum absolute atomic E-state index is 0.0609. The fraction of sp³-hybridized carbons (Fsp3) is 0.615. The first-order valence-electron chi connectivity index (χ1n) is 6.41. The van der Waals surface area contributed by atoms with Crippen molar-refractivity contribution in [2.24, 2.45) is 0 Å². The summed E-state index contributed by atoms with van der Waals surface area (Å²) in [6.07, 6.45) is 4.29. The molecule has 0 amide bonds. The summed E-state index contributed by atoms with van der Waals surface area (Å²) >= 11 is 0. The fourth-order valence-electron chi connectivity index (χ4n) is 1.84. The van der Waals surface area contributed by atoms with Crippen LogP contribution in [0.5, 0.6) is 0 Å². The van der Waals surface area contributed by atoms with Crippen molar-refractivity contribution in [3.8, 4) is 0 Å². The Bertz CT molecular complexity index is 407. The van der Waals surface area contributed by atoms with Gasteiger partial charge in [0.15, 0.2) is 0 Å². The molecular formula is C13H21N3O2. The summed E-state index contributed by atoms with van der Waals surface area (Å²) in [6.45, 7) is 7.13. The fourth-order valence-corrected chi connectivity index (χ4v) is 1.84. The van der Waals surface area contributed by atoms with E-state index in [2.05, 4.69) is 24.1 Å². The molecule has 1 unspecified atom stereocenters. The van der Waals surface area contributed by atoms with E-state index in [9.17, 15) is 10.1 Å². The predicted octanol–water partition coefficient (Wildman–Crippen LogP) is 2.62. The lowest BCUT2D eigenvalue weighted by atomic mass is 10.0. The first-order chi connectivity index (χ1) is 8.58. The van der Waals surface area contributed by atoms with Crippen LogP contribution in [0.25, 0.3) is 0 Å². The van der Waals surface area contributed by atoms with Crippen LogP contribution in [0, 0.1) is 17.0 Å². The van der Waals surface area contributed by atoms with E-state index < -0.39 is 4.92 Å². The van der Waals surface area contributed by atoms with Gasteiger partial charge in [-0.05, 0) is 31.9 Å². The van der Waals surface area contributed by atoms with Gasteiger partial charge >= 0.3 is 0 Å². The van der Waals surface area contributed by atoms with Crippen molar-refractivity contribution < 1.29 is 4.92 Å². The van der Waals surface area contributed by atoms with Gasteiger partial charge in [0.2, 0.25) is 0 Å². The van der Waals surface area contributed by atoms with Gasteiger partial charge in [0, 0.05) is 24.2 Å². The van der Waals surface area contributed by atoms with Gasteiger partial charge in [0.25, 0.3) is 5.69 Å². The second-order valence-corrected chi connectivity index (χ2v) is 4.48. The van der Waals surface area contributed by atoms with Crippen LogP contribution in [0.15, 0.2) is 12.3 Å². The van der Waals surface area contributed by atoms with Gasteiger partial charge in [-0.2, -0.15) is 0 Å². The van der Waals surface area contributed by atoms with Crippen molar-refractivity contribution in [1.82, 2.24) is 10.3 Å². The molecule has 0 saturated heterocycles. The molecule has 1 atom stereocenters. The molecule has 100 valence electrons. The Labute approximate surface area is 108 Å². The number of nitro groups is 1. The van der Waals surface area contributed by atoms with Gasteiger partial charge in [-0.1, -0.05) is 13.8 Å². The van der Waals surface area contributed by atoms with E-state index in [-0.39, 0.29) is 5.69 Å². The first-order valence-corrected chi connectivity index (χ1v) is 6.41. The molecule has 0 aliphatic carbocycles. The predicted molar refractivity (Wildman–Crippen MR) is 71.7 cm³/mol. The first kappa shape index (κ1) is 14.6. The monoisotopic (exact) mass is 251 g/mol. The summed E-state index contributed by atoms with van der Waals surface area (Å²) in [5.74, 6) is 0. The van der Waals surface area contributed by atoms with Crippen LogP contribution in [0.1, 0.15) is 37.9 Å². The molecule has 1 aromatic heterocycles. The maximum atomic E-state index is 10.6. The van der Waals surface area contributed by atoms with E-state index >= 15 is 0 Å². The highest BCUT2D eigenvalue weighted by Gasteiger charge is 2.13. The Hall–Kier alpha value is -1.49. The SMILES string of the molecule is CCCNC(CC)Cc1ncc([N+](=O)[O-])cc1C. The highest BCUT2D eigenvalue weighted by molar-refractivity contribution is 5.33. The minimum atomic E-state index is -0.406. The van der Waals surface area contributed by atoms with Crippen molar-refractivity contribution >= 4 is 5.69 Å². The van der Waals surface area contributed by atoms with Crippen LogP contribution in [-0.4, -0.2) is 22.5 Å². The molecular weight excluding hydrogens is 230 g/mol. The van der Waals surface area contributed by atoms with Crippen LogP contribution in [0.2, 0.25) is 0 Å².